The fourth-order valence-electron chi connectivity index (χ4n) is 2.27. The van der Waals surface area contributed by atoms with Crippen LogP contribution >= 0.6 is 0 Å². The SMILES string of the molecule is COC(=O)C[C@@H](Cc1ccccc1)C(=O)N(C)[C@@H](C)[C@H](C)N. The van der Waals surface area contributed by atoms with E-state index in [1.54, 1.807) is 11.9 Å². The molecular formula is C17H26N2O3. The summed E-state index contributed by atoms with van der Waals surface area (Å²) in [6.45, 7) is 3.77. The van der Waals surface area contributed by atoms with E-state index in [1.165, 1.54) is 7.11 Å². The van der Waals surface area contributed by atoms with Gasteiger partial charge in [-0.05, 0) is 25.8 Å². The van der Waals surface area contributed by atoms with Crippen molar-refractivity contribution in [3.05, 3.63) is 35.9 Å². The van der Waals surface area contributed by atoms with Gasteiger partial charge in [-0.25, -0.2) is 0 Å². The molecule has 1 aromatic rings. The van der Waals surface area contributed by atoms with Crippen LogP contribution in [0.4, 0.5) is 0 Å². The molecule has 0 fully saturated rings. The highest BCUT2D eigenvalue weighted by Crippen LogP contribution is 2.17. The van der Waals surface area contributed by atoms with Crippen molar-refractivity contribution in [2.24, 2.45) is 11.7 Å². The number of carbonyl (C=O) groups is 2. The first-order valence-electron chi connectivity index (χ1n) is 7.49. The number of amides is 1. The number of hydrogen-bond donors (Lipinski definition) is 1. The third-order valence-electron chi connectivity index (χ3n) is 4.03. The first-order valence-corrected chi connectivity index (χ1v) is 7.49. The fourth-order valence-corrected chi connectivity index (χ4v) is 2.27. The van der Waals surface area contributed by atoms with Crippen molar-refractivity contribution in [1.29, 1.82) is 0 Å². The predicted molar refractivity (Wildman–Crippen MR) is 86.2 cm³/mol. The van der Waals surface area contributed by atoms with E-state index in [-0.39, 0.29) is 30.4 Å². The third-order valence-corrected chi connectivity index (χ3v) is 4.03. The first kappa shape index (κ1) is 18.2. The number of rotatable bonds is 7. The Kier molecular flexibility index (Phi) is 7.05. The van der Waals surface area contributed by atoms with Crippen LogP contribution in [0.25, 0.3) is 0 Å². The molecular weight excluding hydrogens is 280 g/mol. The highest BCUT2D eigenvalue weighted by atomic mass is 16.5. The monoisotopic (exact) mass is 306 g/mol. The van der Waals surface area contributed by atoms with Crippen LogP contribution < -0.4 is 5.73 Å². The van der Waals surface area contributed by atoms with Gasteiger partial charge in [0.2, 0.25) is 5.91 Å². The molecule has 22 heavy (non-hydrogen) atoms. The molecule has 0 spiro atoms. The summed E-state index contributed by atoms with van der Waals surface area (Å²) in [5.74, 6) is -0.906. The van der Waals surface area contributed by atoms with Crippen LogP contribution in [-0.4, -0.2) is 43.0 Å². The molecule has 0 aliphatic rings. The summed E-state index contributed by atoms with van der Waals surface area (Å²) in [5.41, 5.74) is 6.89. The number of methoxy groups -OCH3 is 1. The molecule has 122 valence electrons. The van der Waals surface area contributed by atoms with Gasteiger partial charge in [-0.2, -0.15) is 0 Å². The molecule has 2 N–H and O–H groups in total. The van der Waals surface area contributed by atoms with E-state index in [9.17, 15) is 9.59 Å². The van der Waals surface area contributed by atoms with E-state index in [1.807, 2.05) is 44.2 Å². The zero-order valence-corrected chi connectivity index (χ0v) is 13.8. The molecule has 0 aliphatic heterocycles. The molecule has 3 atom stereocenters. The van der Waals surface area contributed by atoms with Crippen molar-refractivity contribution >= 4 is 11.9 Å². The largest absolute Gasteiger partial charge is 0.469 e. The first-order chi connectivity index (χ1) is 10.4. The van der Waals surface area contributed by atoms with Crippen molar-refractivity contribution in [2.75, 3.05) is 14.2 Å². The van der Waals surface area contributed by atoms with Crippen LogP contribution in [0.2, 0.25) is 0 Å². The van der Waals surface area contributed by atoms with E-state index in [0.29, 0.717) is 6.42 Å². The fraction of sp³-hybridized carbons (Fsp3) is 0.529. The summed E-state index contributed by atoms with van der Waals surface area (Å²) in [6.07, 6.45) is 0.574. The van der Waals surface area contributed by atoms with Gasteiger partial charge < -0.3 is 15.4 Å². The maximum absolute atomic E-state index is 12.7. The maximum Gasteiger partial charge on any atom is 0.306 e. The topological polar surface area (TPSA) is 72.6 Å². The maximum atomic E-state index is 12.7. The normalized spacial score (nSPS) is 14.8. The lowest BCUT2D eigenvalue weighted by Gasteiger charge is -2.31. The summed E-state index contributed by atoms with van der Waals surface area (Å²) in [7, 11) is 3.06. The van der Waals surface area contributed by atoms with Crippen LogP contribution in [0.3, 0.4) is 0 Å². The Morgan fingerprint density at radius 1 is 1.23 bits per heavy atom. The molecule has 5 heteroatoms. The van der Waals surface area contributed by atoms with E-state index in [0.717, 1.165) is 5.56 Å². The van der Waals surface area contributed by atoms with Gasteiger partial charge in [-0.3, -0.25) is 9.59 Å². The third kappa shape index (κ3) is 5.15. The van der Waals surface area contributed by atoms with E-state index < -0.39 is 5.92 Å². The molecule has 0 bridgehead atoms. The Bertz CT molecular complexity index is 488. The van der Waals surface area contributed by atoms with Crippen molar-refractivity contribution in [3.8, 4) is 0 Å². The van der Waals surface area contributed by atoms with Gasteiger partial charge in [0, 0.05) is 19.1 Å². The van der Waals surface area contributed by atoms with Crippen molar-refractivity contribution in [3.63, 3.8) is 0 Å². The Morgan fingerprint density at radius 2 is 1.82 bits per heavy atom. The Morgan fingerprint density at radius 3 is 2.32 bits per heavy atom. The quantitative estimate of drug-likeness (QED) is 0.777. The Labute approximate surface area is 132 Å². The lowest BCUT2D eigenvalue weighted by molar-refractivity contribution is -0.147. The van der Waals surface area contributed by atoms with Crippen LogP contribution in [-0.2, 0) is 20.7 Å². The molecule has 0 saturated carbocycles. The zero-order valence-electron chi connectivity index (χ0n) is 13.8. The van der Waals surface area contributed by atoms with Gasteiger partial charge in [-0.15, -0.1) is 0 Å². The van der Waals surface area contributed by atoms with Crippen LogP contribution in [0.1, 0.15) is 25.8 Å². The summed E-state index contributed by atoms with van der Waals surface area (Å²) in [4.78, 5) is 26.0. The standard InChI is InChI=1S/C17H26N2O3/c1-12(18)13(2)19(3)17(21)15(11-16(20)22-4)10-14-8-6-5-7-9-14/h5-9,12-13,15H,10-11,18H2,1-4H3/t12-,13-,15+/m0/s1. The summed E-state index contributed by atoms with van der Waals surface area (Å²) in [5, 5.41) is 0. The van der Waals surface area contributed by atoms with Gasteiger partial charge >= 0.3 is 5.97 Å². The van der Waals surface area contributed by atoms with Crippen molar-refractivity contribution in [2.45, 2.75) is 38.8 Å². The molecule has 0 aromatic heterocycles. The van der Waals surface area contributed by atoms with Crippen molar-refractivity contribution < 1.29 is 14.3 Å². The number of carbonyl (C=O) groups excluding carboxylic acids is 2. The minimum atomic E-state index is -0.443. The molecule has 0 aliphatic carbocycles. The second-order valence-corrected chi connectivity index (χ2v) is 5.72. The number of nitrogens with zero attached hydrogens (tertiary/aromatic N) is 1. The van der Waals surface area contributed by atoms with E-state index in [2.05, 4.69) is 0 Å². The molecule has 1 amide bonds. The summed E-state index contributed by atoms with van der Waals surface area (Å²) >= 11 is 0. The van der Waals surface area contributed by atoms with Crippen LogP contribution in [0.5, 0.6) is 0 Å². The van der Waals surface area contributed by atoms with E-state index >= 15 is 0 Å². The van der Waals surface area contributed by atoms with Crippen molar-refractivity contribution in [1.82, 2.24) is 4.90 Å². The highest BCUT2D eigenvalue weighted by molar-refractivity contribution is 5.84. The molecule has 0 saturated heterocycles. The number of ether oxygens (including phenoxy) is 1. The van der Waals surface area contributed by atoms with Crippen LogP contribution in [0, 0.1) is 5.92 Å². The smallest absolute Gasteiger partial charge is 0.306 e. The minimum absolute atomic E-state index is 0.0697. The second-order valence-electron chi connectivity index (χ2n) is 5.72. The number of likely N-dealkylation sites (N-methyl/N-ethyl adjacent to an activating group) is 1. The number of esters is 1. The lowest BCUT2D eigenvalue weighted by atomic mass is 9.94. The van der Waals surface area contributed by atoms with Crippen LogP contribution in [0.15, 0.2) is 30.3 Å². The average molecular weight is 306 g/mol. The zero-order chi connectivity index (χ0) is 16.7. The second kappa shape index (κ2) is 8.54. The lowest BCUT2D eigenvalue weighted by Crippen LogP contribution is -2.48. The summed E-state index contributed by atoms with van der Waals surface area (Å²) in [6, 6.07) is 9.43. The number of nitrogens with two attached hydrogens (primary N) is 1. The minimum Gasteiger partial charge on any atom is -0.469 e. The molecule has 1 rings (SSSR count). The number of hydrogen-bond acceptors (Lipinski definition) is 4. The average Bonchev–Trinajstić information content (AvgIpc) is 2.52. The predicted octanol–water partition coefficient (Wildman–Crippen LogP) is 1.60. The van der Waals surface area contributed by atoms with Gasteiger partial charge in [0.05, 0.1) is 19.4 Å². The molecule has 0 radical (unpaired) electrons. The van der Waals surface area contributed by atoms with E-state index in [4.69, 9.17) is 10.5 Å². The molecule has 1 aromatic carbocycles. The number of benzene rings is 1. The molecule has 5 nitrogen and oxygen atoms in total. The summed E-state index contributed by atoms with van der Waals surface area (Å²) < 4.78 is 4.72. The molecule has 0 unspecified atom stereocenters. The van der Waals surface area contributed by atoms with Gasteiger partial charge in [0.1, 0.15) is 0 Å². The highest BCUT2D eigenvalue weighted by Gasteiger charge is 2.28. The van der Waals surface area contributed by atoms with Gasteiger partial charge in [0.15, 0.2) is 0 Å². The Balaban J connectivity index is 2.89. The molecule has 0 heterocycles. The van der Waals surface area contributed by atoms with Gasteiger partial charge in [0.25, 0.3) is 0 Å². The van der Waals surface area contributed by atoms with Gasteiger partial charge in [-0.1, -0.05) is 30.3 Å². The Hall–Kier alpha value is -1.88.